The van der Waals surface area contributed by atoms with E-state index in [2.05, 4.69) is 27.4 Å². The molecule has 1 aliphatic heterocycles. The number of guanidine groups is 1. The van der Waals surface area contributed by atoms with Crippen LogP contribution in [-0.4, -0.2) is 56.2 Å². The van der Waals surface area contributed by atoms with Gasteiger partial charge in [-0.15, -0.1) is 0 Å². The normalized spacial score (nSPS) is 15.2. The monoisotopic (exact) mass is 398 g/mol. The number of benzene rings is 2. The third-order valence-electron chi connectivity index (χ3n) is 4.73. The van der Waals surface area contributed by atoms with Crippen LogP contribution in [0.5, 0.6) is 0 Å². The summed E-state index contributed by atoms with van der Waals surface area (Å²) in [6.45, 7) is 6.53. The Morgan fingerprint density at radius 1 is 1.17 bits per heavy atom. The fourth-order valence-electron chi connectivity index (χ4n) is 3.01. The van der Waals surface area contributed by atoms with E-state index in [1.165, 1.54) is 17.7 Å². The summed E-state index contributed by atoms with van der Waals surface area (Å²) in [5.74, 6) is -0.320. The van der Waals surface area contributed by atoms with Crippen molar-refractivity contribution in [2.75, 3.05) is 44.7 Å². The van der Waals surface area contributed by atoms with Gasteiger partial charge in [0.2, 0.25) is 5.96 Å². The summed E-state index contributed by atoms with van der Waals surface area (Å²) >= 11 is 0. The smallest absolute Gasteiger partial charge is 0.257 e. The average Bonchev–Trinajstić information content (AvgIpc) is 2.74. The van der Waals surface area contributed by atoms with Crippen LogP contribution >= 0.6 is 0 Å². The second-order valence-electron chi connectivity index (χ2n) is 6.82. The van der Waals surface area contributed by atoms with Crippen molar-refractivity contribution < 1.29 is 13.9 Å². The predicted octanol–water partition coefficient (Wildman–Crippen LogP) is 2.92. The van der Waals surface area contributed by atoms with E-state index >= 15 is 0 Å². The van der Waals surface area contributed by atoms with Crippen LogP contribution in [0.1, 0.15) is 22.8 Å². The van der Waals surface area contributed by atoms with Crippen LogP contribution in [0.2, 0.25) is 0 Å². The molecule has 0 aliphatic carbocycles. The number of nitrogens with zero attached hydrogens (tertiary/aromatic N) is 2. The van der Waals surface area contributed by atoms with Gasteiger partial charge in [0.25, 0.3) is 5.91 Å². The Morgan fingerprint density at radius 3 is 2.62 bits per heavy atom. The molecule has 2 N–H and O–H groups in total. The van der Waals surface area contributed by atoms with E-state index in [1.54, 1.807) is 24.3 Å². The second kappa shape index (κ2) is 10.7. The molecule has 2 aromatic carbocycles. The van der Waals surface area contributed by atoms with Crippen molar-refractivity contribution in [2.45, 2.75) is 13.3 Å². The molecule has 0 aromatic heterocycles. The Balaban J connectivity index is 1.68. The van der Waals surface area contributed by atoms with Gasteiger partial charge in [0, 0.05) is 30.9 Å². The zero-order valence-electron chi connectivity index (χ0n) is 16.7. The van der Waals surface area contributed by atoms with Crippen molar-refractivity contribution >= 4 is 17.6 Å². The number of nitrogens with one attached hydrogen (secondary N) is 2. The fourth-order valence-corrected chi connectivity index (χ4v) is 3.01. The van der Waals surface area contributed by atoms with Gasteiger partial charge in [-0.1, -0.05) is 25.1 Å². The molecular weight excluding hydrogens is 371 g/mol. The minimum absolute atomic E-state index is 0.262. The molecule has 0 spiro atoms. The van der Waals surface area contributed by atoms with Crippen molar-refractivity contribution in [1.29, 1.82) is 0 Å². The summed E-state index contributed by atoms with van der Waals surface area (Å²) in [7, 11) is 0. The molecule has 1 fully saturated rings. The van der Waals surface area contributed by atoms with Gasteiger partial charge in [0.15, 0.2) is 0 Å². The number of morpholine rings is 1. The summed E-state index contributed by atoms with van der Waals surface area (Å²) in [5, 5.41) is 5.83. The molecule has 154 valence electrons. The Hall–Kier alpha value is -2.77. The van der Waals surface area contributed by atoms with Crippen molar-refractivity contribution in [1.82, 2.24) is 10.2 Å². The Labute approximate surface area is 170 Å². The largest absolute Gasteiger partial charge is 0.379 e. The van der Waals surface area contributed by atoms with E-state index in [1.807, 2.05) is 12.1 Å². The van der Waals surface area contributed by atoms with E-state index in [0.717, 1.165) is 39.3 Å². The molecule has 0 saturated carbocycles. The van der Waals surface area contributed by atoms with E-state index in [4.69, 9.17) is 4.74 Å². The van der Waals surface area contributed by atoms with Crippen LogP contribution < -0.4 is 10.6 Å². The lowest BCUT2D eigenvalue weighted by atomic mass is 10.1. The number of halogens is 1. The molecule has 3 rings (SSSR count). The first-order valence-corrected chi connectivity index (χ1v) is 9.91. The average molecular weight is 398 g/mol. The highest BCUT2D eigenvalue weighted by Gasteiger charge is 2.12. The van der Waals surface area contributed by atoms with Gasteiger partial charge in [0.05, 0.1) is 19.8 Å². The van der Waals surface area contributed by atoms with Crippen LogP contribution in [0.4, 0.5) is 10.1 Å². The van der Waals surface area contributed by atoms with E-state index in [0.29, 0.717) is 23.8 Å². The van der Waals surface area contributed by atoms with Crippen LogP contribution in [0.15, 0.2) is 53.5 Å². The molecule has 0 atom stereocenters. The molecular formula is C22H27FN4O2. The van der Waals surface area contributed by atoms with Crippen molar-refractivity contribution in [3.63, 3.8) is 0 Å². The van der Waals surface area contributed by atoms with Crippen molar-refractivity contribution in [2.24, 2.45) is 4.99 Å². The molecule has 1 heterocycles. The highest BCUT2D eigenvalue weighted by Crippen LogP contribution is 2.10. The van der Waals surface area contributed by atoms with Crippen molar-refractivity contribution in [3.05, 3.63) is 65.5 Å². The van der Waals surface area contributed by atoms with Gasteiger partial charge in [-0.2, -0.15) is 0 Å². The van der Waals surface area contributed by atoms with Crippen LogP contribution in [0.25, 0.3) is 0 Å². The van der Waals surface area contributed by atoms with Gasteiger partial charge in [-0.25, -0.2) is 4.39 Å². The van der Waals surface area contributed by atoms with E-state index < -0.39 is 0 Å². The SMILES string of the molecule is CCc1ccc(C(=O)NC(=NCCN2CCOCC2)Nc2cccc(F)c2)cc1. The predicted molar refractivity (Wildman–Crippen MR) is 113 cm³/mol. The maximum absolute atomic E-state index is 13.5. The number of aliphatic imine (C=N–C) groups is 1. The highest BCUT2D eigenvalue weighted by molar-refractivity contribution is 6.09. The number of aryl methyl sites for hydroxylation is 1. The standard InChI is InChI=1S/C22H27FN4O2/c1-2-17-6-8-18(9-7-17)21(28)26-22(25-20-5-3-4-19(23)16-20)24-10-11-27-12-14-29-15-13-27/h3-9,16H,2,10-15H2,1H3,(H2,24,25,26,28). The molecule has 2 aromatic rings. The molecule has 29 heavy (non-hydrogen) atoms. The molecule has 7 heteroatoms. The number of rotatable bonds is 6. The fraction of sp³-hybridized carbons (Fsp3) is 0.364. The number of hydrogen-bond acceptors (Lipinski definition) is 4. The van der Waals surface area contributed by atoms with Crippen LogP contribution in [0.3, 0.4) is 0 Å². The van der Waals surface area contributed by atoms with Gasteiger partial charge in [-0.05, 0) is 42.3 Å². The molecule has 0 unspecified atom stereocenters. The Kier molecular flexibility index (Phi) is 7.72. The second-order valence-corrected chi connectivity index (χ2v) is 6.82. The number of ether oxygens (including phenoxy) is 1. The van der Waals surface area contributed by atoms with Crippen LogP contribution in [0, 0.1) is 5.82 Å². The molecule has 1 amide bonds. The number of carbonyl (C=O) groups is 1. The lowest BCUT2D eigenvalue weighted by Crippen LogP contribution is -2.39. The van der Waals surface area contributed by atoms with Gasteiger partial charge < -0.3 is 10.1 Å². The summed E-state index contributed by atoms with van der Waals surface area (Å²) in [4.78, 5) is 19.4. The maximum Gasteiger partial charge on any atom is 0.257 e. The van der Waals surface area contributed by atoms with Crippen LogP contribution in [-0.2, 0) is 11.2 Å². The third-order valence-corrected chi connectivity index (χ3v) is 4.73. The van der Waals surface area contributed by atoms with E-state index in [9.17, 15) is 9.18 Å². The number of anilines is 1. The topological polar surface area (TPSA) is 66.0 Å². The lowest BCUT2D eigenvalue weighted by Gasteiger charge is -2.25. The summed E-state index contributed by atoms with van der Waals surface area (Å²) < 4.78 is 18.9. The summed E-state index contributed by atoms with van der Waals surface area (Å²) in [6.07, 6.45) is 0.914. The van der Waals surface area contributed by atoms with Gasteiger partial charge >= 0.3 is 0 Å². The lowest BCUT2D eigenvalue weighted by molar-refractivity contribution is 0.0394. The minimum atomic E-state index is -0.357. The first kappa shape index (κ1) is 21.0. The quantitative estimate of drug-likeness (QED) is 0.580. The maximum atomic E-state index is 13.5. The Morgan fingerprint density at radius 2 is 1.93 bits per heavy atom. The number of amides is 1. The molecule has 0 radical (unpaired) electrons. The third kappa shape index (κ3) is 6.66. The number of carbonyl (C=O) groups excluding carboxylic acids is 1. The van der Waals surface area contributed by atoms with Gasteiger partial charge in [-0.3, -0.25) is 20.0 Å². The molecule has 1 aliphatic rings. The van der Waals surface area contributed by atoms with Gasteiger partial charge in [0.1, 0.15) is 5.82 Å². The summed E-state index contributed by atoms with van der Waals surface area (Å²) in [6, 6.07) is 13.5. The first-order valence-electron chi connectivity index (χ1n) is 9.91. The molecule has 6 nitrogen and oxygen atoms in total. The Bertz CT molecular complexity index is 833. The highest BCUT2D eigenvalue weighted by atomic mass is 19.1. The zero-order valence-corrected chi connectivity index (χ0v) is 16.7. The number of hydrogen-bond donors (Lipinski definition) is 2. The molecule has 1 saturated heterocycles. The van der Waals surface area contributed by atoms with E-state index in [-0.39, 0.29) is 11.7 Å². The first-order chi connectivity index (χ1) is 14.1. The minimum Gasteiger partial charge on any atom is -0.379 e. The van der Waals surface area contributed by atoms with Crippen molar-refractivity contribution in [3.8, 4) is 0 Å². The summed E-state index contributed by atoms with van der Waals surface area (Å²) in [5.41, 5.74) is 2.24. The zero-order chi connectivity index (χ0) is 20.5. The molecule has 0 bridgehead atoms.